The van der Waals surface area contributed by atoms with Crippen LogP contribution in [-0.2, 0) is 11.4 Å². The van der Waals surface area contributed by atoms with Crippen LogP contribution in [0.4, 0.5) is 8.78 Å². The van der Waals surface area contributed by atoms with Gasteiger partial charge < -0.3 is 4.84 Å². The standard InChI is InChI=1S/C15H11BrF2NO/c16-14-6-4-11(5-7-14)9-19-20-10-12-2-1-3-13(8-12)15(17)18/h1-8,15H,10H2. The summed E-state index contributed by atoms with van der Waals surface area (Å²) in [5, 5.41) is 3.69. The van der Waals surface area contributed by atoms with Gasteiger partial charge in [-0.2, -0.15) is 0 Å². The van der Waals surface area contributed by atoms with Gasteiger partial charge in [0, 0.05) is 15.6 Å². The number of hydrogen-bond donors (Lipinski definition) is 0. The predicted molar refractivity (Wildman–Crippen MR) is 76.9 cm³/mol. The largest absolute Gasteiger partial charge is 0.390 e. The number of alkyl halides is 2. The van der Waals surface area contributed by atoms with Gasteiger partial charge >= 0.3 is 0 Å². The van der Waals surface area contributed by atoms with E-state index < -0.39 is 6.43 Å². The molecule has 0 saturated carbocycles. The molecule has 0 aliphatic carbocycles. The molecular formula is C15H11BrF2NO. The Kier molecular flexibility index (Phi) is 5.24. The molecule has 0 fully saturated rings. The molecule has 2 aromatic rings. The summed E-state index contributed by atoms with van der Waals surface area (Å²) in [5.74, 6) is 0. The summed E-state index contributed by atoms with van der Waals surface area (Å²) < 4.78 is 26.0. The van der Waals surface area contributed by atoms with Crippen LogP contribution in [0.3, 0.4) is 0 Å². The predicted octanol–water partition coefficient (Wildman–Crippen LogP) is 4.81. The average molecular weight is 339 g/mol. The average Bonchev–Trinajstić information content (AvgIpc) is 2.46. The van der Waals surface area contributed by atoms with E-state index in [0.29, 0.717) is 5.56 Å². The smallest absolute Gasteiger partial charge is 0.263 e. The first-order valence-corrected chi connectivity index (χ1v) is 6.65. The molecule has 20 heavy (non-hydrogen) atoms. The van der Waals surface area contributed by atoms with Crippen LogP contribution in [-0.4, -0.2) is 6.21 Å². The van der Waals surface area contributed by atoms with Gasteiger partial charge in [0.15, 0.2) is 0 Å². The SMILES string of the molecule is FC(F)c1cccc(CO/N=[C]\c2ccc(Br)cc2)c1. The Morgan fingerprint density at radius 2 is 1.90 bits per heavy atom. The highest BCUT2D eigenvalue weighted by Crippen LogP contribution is 2.19. The fourth-order valence-corrected chi connectivity index (χ4v) is 1.80. The molecule has 0 N–H and O–H groups in total. The summed E-state index contributed by atoms with van der Waals surface area (Å²) >= 11 is 3.33. The zero-order chi connectivity index (χ0) is 14.4. The van der Waals surface area contributed by atoms with Gasteiger partial charge in [-0.05, 0) is 23.8 Å². The zero-order valence-corrected chi connectivity index (χ0v) is 12.0. The van der Waals surface area contributed by atoms with E-state index in [-0.39, 0.29) is 12.2 Å². The summed E-state index contributed by atoms with van der Waals surface area (Å²) in [6.45, 7) is 0.129. The first-order valence-electron chi connectivity index (χ1n) is 5.86. The molecule has 2 aromatic carbocycles. The monoisotopic (exact) mass is 338 g/mol. The lowest BCUT2D eigenvalue weighted by molar-refractivity contribution is 0.130. The number of hydrogen-bond acceptors (Lipinski definition) is 2. The lowest BCUT2D eigenvalue weighted by atomic mass is 10.1. The van der Waals surface area contributed by atoms with Crippen LogP contribution in [0.15, 0.2) is 58.2 Å². The van der Waals surface area contributed by atoms with Gasteiger partial charge in [0.2, 0.25) is 0 Å². The third-order valence-corrected chi connectivity index (χ3v) is 3.05. The van der Waals surface area contributed by atoms with Crippen LogP contribution in [0.1, 0.15) is 23.1 Å². The van der Waals surface area contributed by atoms with Crippen molar-refractivity contribution >= 4 is 22.1 Å². The van der Waals surface area contributed by atoms with Crippen molar-refractivity contribution in [3.8, 4) is 0 Å². The van der Waals surface area contributed by atoms with Crippen molar-refractivity contribution in [2.24, 2.45) is 5.16 Å². The van der Waals surface area contributed by atoms with Gasteiger partial charge in [-0.1, -0.05) is 51.4 Å². The molecule has 0 spiro atoms. The van der Waals surface area contributed by atoms with Crippen molar-refractivity contribution in [1.29, 1.82) is 0 Å². The molecule has 2 nitrogen and oxygen atoms in total. The van der Waals surface area contributed by atoms with E-state index >= 15 is 0 Å². The molecule has 2 rings (SSSR count). The highest BCUT2D eigenvalue weighted by molar-refractivity contribution is 9.10. The van der Waals surface area contributed by atoms with Crippen LogP contribution in [0.5, 0.6) is 0 Å². The molecular weight excluding hydrogens is 328 g/mol. The molecule has 0 aliphatic rings. The summed E-state index contributed by atoms with van der Waals surface area (Å²) in [5.41, 5.74) is 1.39. The highest BCUT2D eigenvalue weighted by Gasteiger charge is 2.06. The Labute approximate surface area is 124 Å². The minimum atomic E-state index is -2.48. The fourth-order valence-electron chi connectivity index (χ4n) is 1.53. The quantitative estimate of drug-likeness (QED) is 0.566. The molecule has 0 unspecified atom stereocenters. The van der Waals surface area contributed by atoms with Crippen LogP contribution >= 0.6 is 15.9 Å². The molecule has 0 saturated heterocycles. The number of benzene rings is 2. The molecule has 0 aliphatic heterocycles. The Morgan fingerprint density at radius 3 is 2.60 bits per heavy atom. The third-order valence-electron chi connectivity index (χ3n) is 2.52. The van der Waals surface area contributed by atoms with Crippen LogP contribution in [0.2, 0.25) is 0 Å². The first kappa shape index (κ1) is 14.7. The van der Waals surface area contributed by atoms with Gasteiger partial charge in [-0.25, -0.2) is 8.78 Å². The lowest BCUT2D eigenvalue weighted by Gasteiger charge is -2.03. The minimum absolute atomic E-state index is 0.0213. The van der Waals surface area contributed by atoms with Crippen LogP contribution < -0.4 is 0 Å². The van der Waals surface area contributed by atoms with Crippen molar-refractivity contribution in [2.45, 2.75) is 13.0 Å². The van der Waals surface area contributed by atoms with E-state index in [9.17, 15) is 8.78 Å². The van der Waals surface area contributed by atoms with Gasteiger partial charge in [-0.3, -0.25) is 0 Å². The maximum Gasteiger partial charge on any atom is 0.263 e. The maximum atomic E-state index is 12.5. The Hall–Kier alpha value is -1.75. The Morgan fingerprint density at radius 1 is 1.15 bits per heavy atom. The Balaban J connectivity index is 1.89. The summed E-state index contributed by atoms with van der Waals surface area (Å²) in [7, 11) is 0. The van der Waals surface area contributed by atoms with Crippen molar-refractivity contribution < 1.29 is 13.6 Å². The lowest BCUT2D eigenvalue weighted by Crippen LogP contribution is -1.91. The second kappa shape index (κ2) is 7.14. The topological polar surface area (TPSA) is 21.6 Å². The van der Waals surface area contributed by atoms with E-state index in [2.05, 4.69) is 27.3 Å². The van der Waals surface area contributed by atoms with E-state index in [4.69, 9.17) is 4.84 Å². The van der Waals surface area contributed by atoms with Gasteiger partial charge in [-0.15, -0.1) is 0 Å². The molecule has 0 bridgehead atoms. The summed E-state index contributed by atoms with van der Waals surface area (Å²) in [4.78, 5) is 5.05. The fraction of sp³-hybridized carbons (Fsp3) is 0.133. The first-order chi connectivity index (χ1) is 9.65. The summed E-state index contributed by atoms with van der Waals surface area (Å²) in [6, 6.07) is 13.4. The molecule has 103 valence electrons. The van der Waals surface area contributed by atoms with Crippen LogP contribution in [0, 0.1) is 0 Å². The Bertz CT molecular complexity index is 585. The van der Waals surface area contributed by atoms with E-state index in [1.165, 1.54) is 12.1 Å². The maximum absolute atomic E-state index is 12.5. The van der Waals surface area contributed by atoms with Gasteiger partial charge in [0.1, 0.15) is 12.8 Å². The van der Waals surface area contributed by atoms with Crippen molar-refractivity contribution in [3.05, 3.63) is 69.7 Å². The number of halogens is 3. The van der Waals surface area contributed by atoms with Gasteiger partial charge in [0.05, 0.1) is 0 Å². The molecule has 5 heteroatoms. The van der Waals surface area contributed by atoms with Crippen molar-refractivity contribution in [2.75, 3.05) is 0 Å². The number of rotatable bonds is 5. The molecule has 0 atom stereocenters. The van der Waals surface area contributed by atoms with Crippen molar-refractivity contribution in [1.82, 2.24) is 0 Å². The molecule has 0 aromatic heterocycles. The third kappa shape index (κ3) is 4.42. The van der Waals surface area contributed by atoms with Gasteiger partial charge in [0.25, 0.3) is 6.43 Å². The molecule has 0 heterocycles. The second-order valence-corrected chi connectivity index (χ2v) is 4.94. The van der Waals surface area contributed by atoms with E-state index in [1.807, 2.05) is 24.3 Å². The minimum Gasteiger partial charge on any atom is -0.390 e. The van der Waals surface area contributed by atoms with Crippen molar-refractivity contribution in [3.63, 3.8) is 0 Å². The van der Waals surface area contributed by atoms with E-state index in [0.717, 1.165) is 10.0 Å². The second-order valence-electron chi connectivity index (χ2n) is 4.03. The van der Waals surface area contributed by atoms with E-state index in [1.54, 1.807) is 12.1 Å². The molecule has 1 radical (unpaired) electrons. The zero-order valence-electron chi connectivity index (χ0n) is 10.4. The summed E-state index contributed by atoms with van der Waals surface area (Å²) in [6.07, 6.45) is 0.234. The normalized spacial score (nSPS) is 11.2. The van der Waals surface area contributed by atoms with Crippen LogP contribution in [0.25, 0.3) is 0 Å². The highest BCUT2D eigenvalue weighted by atomic mass is 79.9. The molecule has 0 amide bonds. The number of nitrogens with zero attached hydrogens (tertiary/aromatic N) is 1.